The van der Waals surface area contributed by atoms with E-state index >= 15 is 0 Å². The number of nitrogens with zero attached hydrogens (tertiary/aromatic N) is 2. The standard InChI is InChI=1S/C22H19N3O4S2/c1-14-19(25-21(26)16-9-3-4-10-17(16)23-22(25)27)13-20(30-14)31(28,29)24-12-6-8-15-7-2-5-11-18(15)24/h2-5,7,9-11,13H,6,8,12H2,1H3,(H,23,27). The molecule has 7 nitrogen and oxygen atoms in total. The molecule has 158 valence electrons. The van der Waals surface area contributed by atoms with E-state index in [2.05, 4.69) is 4.98 Å². The van der Waals surface area contributed by atoms with Crippen molar-refractivity contribution in [1.82, 2.24) is 9.55 Å². The van der Waals surface area contributed by atoms with E-state index in [1.807, 2.05) is 24.3 Å². The fourth-order valence-corrected chi connectivity index (χ4v) is 7.11. The van der Waals surface area contributed by atoms with Crippen LogP contribution in [0, 0.1) is 6.92 Å². The van der Waals surface area contributed by atoms with Gasteiger partial charge >= 0.3 is 5.69 Å². The predicted octanol–water partition coefficient (Wildman–Crippen LogP) is 3.19. The number of hydrogen-bond donors (Lipinski definition) is 1. The van der Waals surface area contributed by atoms with Gasteiger partial charge in [0.1, 0.15) is 4.21 Å². The predicted molar refractivity (Wildman–Crippen MR) is 122 cm³/mol. The summed E-state index contributed by atoms with van der Waals surface area (Å²) in [6.07, 6.45) is 1.57. The first-order chi connectivity index (χ1) is 14.9. The largest absolute Gasteiger partial charge is 0.333 e. The van der Waals surface area contributed by atoms with Gasteiger partial charge in [-0.3, -0.25) is 9.10 Å². The second kappa shape index (κ2) is 7.21. The highest BCUT2D eigenvalue weighted by atomic mass is 32.2. The number of aromatic amines is 1. The zero-order valence-electron chi connectivity index (χ0n) is 16.7. The quantitative estimate of drug-likeness (QED) is 0.516. The number of hydrogen-bond acceptors (Lipinski definition) is 5. The van der Waals surface area contributed by atoms with Crippen LogP contribution < -0.4 is 15.6 Å². The van der Waals surface area contributed by atoms with Crippen LogP contribution in [0.4, 0.5) is 5.69 Å². The molecule has 0 spiro atoms. The highest BCUT2D eigenvalue weighted by Gasteiger charge is 2.31. The molecule has 0 saturated carbocycles. The van der Waals surface area contributed by atoms with E-state index in [1.165, 1.54) is 10.4 Å². The van der Waals surface area contributed by atoms with Crippen LogP contribution in [0.2, 0.25) is 0 Å². The highest BCUT2D eigenvalue weighted by molar-refractivity contribution is 7.94. The van der Waals surface area contributed by atoms with Crippen molar-refractivity contribution in [2.75, 3.05) is 10.8 Å². The summed E-state index contributed by atoms with van der Waals surface area (Å²) in [6.45, 7) is 2.10. The monoisotopic (exact) mass is 453 g/mol. The minimum absolute atomic E-state index is 0.108. The third-order valence-electron chi connectivity index (χ3n) is 5.53. The number of aromatic nitrogens is 2. The molecule has 4 aromatic rings. The van der Waals surface area contributed by atoms with Crippen molar-refractivity contribution in [3.05, 3.63) is 85.9 Å². The Labute approximate surface area is 182 Å². The van der Waals surface area contributed by atoms with Gasteiger partial charge in [-0.1, -0.05) is 30.3 Å². The number of rotatable bonds is 3. The second-order valence-electron chi connectivity index (χ2n) is 7.43. The Morgan fingerprint density at radius 1 is 1.00 bits per heavy atom. The lowest BCUT2D eigenvalue weighted by molar-refractivity contribution is 0.588. The van der Waals surface area contributed by atoms with Crippen molar-refractivity contribution in [2.45, 2.75) is 24.0 Å². The number of para-hydroxylation sites is 2. The minimum Gasteiger partial charge on any atom is -0.306 e. The van der Waals surface area contributed by atoms with Gasteiger partial charge in [-0.15, -0.1) is 11.3 Å². The molecule has 0 saturated heterocycles. The van der Waals surface area contributed by atoms with Crippen molar-refractivity contribution in [1.29, 1.82) is 0 Å². The molecule has 2 aromatic heterocycles. The van der Waals surface area contributed by atoms with Crippen LogP contribution >= 0.6 is 11.3 Å². The summed E-state index contributed by atoms with van der Waals surface area (Å²) in [7, 11) is -3.83. The van der Waals surface area contributed by atoms with E-state index < -0.39 is 21.3 Å². The number of fused-ring (bicyclic) bond motifs is 2. The maximum atomic E-state index is 13.5. The lowest BCUT2D eigenvalue weighted by Gasteiger charge is -2.29. The maximum absolute atomic E-state index is 13.5. The van der Waals surface area contributed by atoms with Gasteiger partial charge in [-0.05, 0) is 49.6 Å². The molecule has 0 unspecified atom stereocenters. The summed E-state index contributed by atoms with van der Waals surface area (Å²) >= 11 is 1.07. The zero-order chi connectivity index (χ0) is 21.8. The fourth-order valence-electron chi connectivity index (χ4n) is 4.03. The number of aryl methyl sites for hydroxylation is 2. The first-order valence-corrected chi connectivity index (χ1v) is 12.1. The number of sulfonamides is 1. The van der Waals surface area contributed by atoms with Crippen molar-refractivity contribution < 1.29 is 8.42 Å². The Hall–Kier alpha value is -3.17. The molecule has 31 heavy (non-hydrogen) atoms. The summed E-state index contributed by atoms with van der Waals surface area (Å²) in [5, 5.41) is 0.363. The fraction of sp³-hybridized carbons (Fsp3) is 0.182. The Bertz CT molecular complexity index is 1550. The van der Waals surface area contributed by atoms with Gasteiger partial charge in [0.25, 0.3) is 15.6 Å². The van der Waals surface area contributed by atoms with Gasteiger partial charge in [-0.2, -0.15) is 0 Å². The normalized spacial score (nSPS) is 14.0. The summed E-state index contributed by atoms with van der Waals surface area (Å²) in [5.41, 5.74) is 1.32. The van der Waals surface area contributed by atoms with Crippen molar-refractivity contribution >= 4 is 38.0 Å². The molecule has 9 heteroatoms. The van der Waals surface area contributed by atoms with Crippen LogP contribution in [-0.4, -0.2) is 24.5 Å². The summed E-state index contributed by atoms with van der Waals surface area (Å²) in [5.74, 6) is 0. The Balaban J connectivity index is 1.66. The summed E-state index contributed by atoms with van der Waals surface area (Å²) in [6, 6.07) is 15.7. The third-order valence-corrected chi connectivity index (χ3v) is 8.83. The molecule has 0 amide bonds. The number of anilines is 1. The van der Waals surface area contributed by atoms with Crippen LogP contribution in [0.15, 0.2) is 68.4 Å². The van der Waals surface area contributed by atoms with Crippen molar-refractivity contribution in [3.8, 4) is 5.69 Å². The molecule has 0 fully saturated rings. The molecule has 1 aliphatic heterocycles. The van der Waals surface area contributed by atoms with Gasteiger partial charge in [-0.25, -0.2) is 17.8 Å². The van der Waals surface area contributed by atoms with Crippen molar-refractivity contribution in [3.63, 3.8) is 0 Å². The average Bonchev–Trinajstić information content (AvgIpc) is 3.15. The smallest absolute Gasteiger partial charge is 0.306 e. The van der Waals surface area contributed by atoms with Crippen LogP contribution in [0.25, 0.3) is 16.6 Å². The zero-order valence-corrected chi connectivity index (χ0v) is 18.3. The number of benzene rings is 2. The summed E-state index contributed by atoms with van der Waals surface area (Å²) in [4.78, 5) is 29.0. The van der Waals surface area contributed by atoms with E-state index in [-0.39, 0.29) is 9.90 Å². The molecule has 3 heterocycles. The highest BCUT2D eigenvalue weighted by Crippen LogP contribution is 2.35. The maximum Gasteiger partial charge on any atom is 0.333 e. The van der Waals surface area contributed by atoms with Crippen LogP contribution in [0.1, 0.15) is 16.9 Å². The van der Waals surface area contributed by atoms with E-state index in [1.54, 1.807) is 31.2 Å². The second-order valence-corrected chi connectivity index (χ2v) is 10.8. The third kappa shape index (κ3) is 3.12. The Morgan fingerprint density at radius 2 is 1.74 bits per heavy atom. The molecule has 5 rings (SSSR count). The van der Waals surface area contributed by atoms with Gasteiger partial charge in [0.05, 0.1) is 22.3 Å². The van der Waals surface area contributed by atoms with E-state index in [0.29, 0.717) is 28.0 Å². The molecular formula is C22H19N3O4S2. The Kier molecular flexibility index (Phi) is 4.60. The average molecular weight is 454 g/mol. The first-order valence-electron chi connectivity index (χ1n) is 9.83. The van der Waals surface area contributed by atoms with E-state index in [0.717, 1.165) is 34.3 Å². The SMILES string of the molecule is Cc1sc(S(=O)(=O)N2CCCc3ccccc32)cc1-n1c(=O)[nH]c2ccccc2c1=O. The molecule has 0 aliphatic carbocycles. The lowest BCUT2D eigenvalue weighted by Crippen LogP contribution is -2.35. The Morgan fingerprint density at radius 3 is 2.58 bits per heavy atom. The van der Waals surface area contributed by atoms with Crippen LogP contribution in [0.5, 0.6) is 0 Å². The molecule has 2 aromatic carbocycles. The van der Waals surface area contributed by atoms with Crippen LogP contribution in [-0.2, 0) is 16.4 Å². The number of H-pyrrole nitrogens is 1. The molecule has 1 N–H and O–H groups in total. The topological polar surface area (TPSA) is 92.2 Å². The van der Waals surface area contributed by atoms with Gasteiger partial charge in [0.15, 0.2) is 0 Å². The van der Waals surface area contributed by atoms with Crippen molar-refractivity contribution in [2.24, 2.45) is 0 Å². The van der Waals surface area contributed by atoms with Gasteiger partial charge < -0.3 is 4.98 Å². The van der Waals surface area contributed by atoms with Gasteiger partial charge in [0.2, 0.25) is 0 Å². The number of nitrogens with one attached hydrogen (secondary N) is 1. The van der Waals surface area contributed by atoms with E-state index in [4.69, 9.17) is 0 Å². The van der Waals surface area contributed by atoms with Crippen LogP contribution in [0.3, 0.4) is 0 Å². The number of thiophene rings is 1. The van der Waals surface area contributed by atoms with Gasteiger partial charge in [0, 0.05) is 11.4 Å². The summed E-state index contributed by atoms with van der Waals surface area (Å²) < 4.78 is 29.5. The molecule has 0 atom stereocenters. The molecule has 0 bridgehead atoms. The lowest BCUT2D eigenvalue weighted by atomic mass is 10.0. The minimum atomic E-state index is -3.83. The molecule has 1 aliphatic rings. The molecule has 0 radical (unpaired) electrons. The first kappa shape index (κ1) is 19.8. The van der Waals surface area contributed by atoms with E-state index in [9.17, 15) is 18.0 Å². The molecular weight excluding hydrogens is 434 g/mol.